The van der Waals surface area contributed by atoms with Crippen molar-refractivity contribution in [1.82, 2.24) is 34.8 Å². The molecule has 0 aliphatic carbocycles. The zero-order valence-corrected chi connectivity index (χ0v) is 20.3. The van der Waals surface area contributed by atoms with E-state index in [0.29, 0.717) is 17.6 Å². The molecule has 0 amide bonds. The lowest BCUT2D eigenvalue weighted by molar-refractivity contribution is 0.229. The Bertz CT molecular complexity index is 1290. The minimum Gasteiger partial charge on any atom is -0.382 e. The Morgan fingerprint density at radius 1 is 1.03 bits per heavy atom. The van der Waals surface area contributed by atoms with Crippen molar-refractivity contribution in [3.63, 3.8) is 0 Å². The maximum absolute atomic E-state index is 4.98. The van der Waals surface area contributed by atoms with Crippen LogP contribution in [0.15, 0.2) is 36.9 Å². The molecule has 6 rings (SSSR count). The number of aromatic amines is 2. The summed E-state index contributed by atoms with van der Waals surface area (Å²) in [5, 5.41) is 3.70. The van der Waals surface area contributed by atoms with Gasteiger partial charge in [0.05, 0.1) is 30.6 Å². The maximum atomic E-state index is 4.98. The summed E-state index contributed by atoms with van der Waals surface area (Å²) in [5.74, 6) is 1.49. The topological polar surface area (TPSA) is 105 Å². The van der Waals surface area contributed by atoms with Crippen LogP contribution in [-0.4, -0.2) is 74.1 Å². The third kappa shape index (κ3) is 4.29. The number of hydrogen-bond donors (Lipinski definition) is 3. The lowest BCUT2D eigenvalue weighted by Gasteiger charge is -2.32. The van der Waals surface area contributed by atoms with Crippen LogP contribution < -0.4 is 15.1 Å². The molecule has 0 bridgehead atoms. The molecule has 10 nitrogen and oxygen atoms in total. The fraction of sp³-hybridized carbons (Fsp3) is 0.440. The van der Waals surface area contributed by atoms with Crippen molar-refractivity contribution in [2.75, 3.05) is 48.3 Å². The van der Waals surface area contributed by atoms with Gasteiger partial charge in [0.25, 0.3) is 0 Å². The first-order valence-electron chi connectivity index (χ1n) is 12.5. The number of H-pyrrole nitrogens is 2. The number of fused-ring (bicyclic) bond motifs is 2. The Kier molecular flexibility index (Phi) is 5.73. The molecule has 3 N–H and O–H groups in total. The smallest absolute Gasteiger partial charge is 0.233 e. The molecular weight excluding hydrogens is 440 g/mol. The van der Waals surface area contributed by atoms with Gasteiger partial charge in [-0.3, -0.25) is 0 Å². The summed E-state index contributed by atoms with van der Waals surface area (Å²) >= 11 is 0. The van der Waals surface area contributed by atoms with E-state index in [1.54, 1.807) is 12.7 Å². The third-order valence-electron chi connectivity index (χ3n) is 7.29. The maximum Gasteiger partial charge on any atom is 0.233 e. The van der Waals surface area contributed by atoms with Crippen molar-refractivity contribution in [3.05, 3.63) is 48.3 Å². The highest BCUT2D eigenvalue weighted by Gasteiger charge is 2.24. The highest BCUT2D eigenvalue weighted by atomic mass is 15.3. The number of hydrogen-bond acceptors (Lipinski definition) is 8. The van der Waals surface area contributed by atoms with Gasteiger partial charge in [0.15, 0.2) is 11.5 Å². The summed E-state index contributed by atoms with van der Waals surface area (Å²) in [7, 11) is 2.00. The standard InChI is InChI=1S/C25H32N10/c1-3-34-11-8-18(9-12-34)30-17-4-6-19(7-5-17)33(2)25-31-23-22(28-16-29-23)24(32-25)35-13-10-20-21(14-35)27-15-26-20/h4-7,15-16,18,30H,3,8-14H2,1-2H3,(H,26,27)(H,28,29,31,32). The molecule has 0 unspecified atom stereocenters. The van der Waals surface area contributed by atoms with Crippen molar-refractivity contribution in [1.29, 1.82) is 0 Å². The fourth-order valence-electron chi connectivity index (χ4n) is 5.10. The van der Waals surface area contributed by atoms with Crippen LogP contribution in [0.4, 0.5) is 23.1 Å². The Morgan fingerprint density at radius 2 is 1.83 bits per heavy atom. The summed E-state index contributed by atoms with van der Waals surface area (Å²) < 4.78 is 0. The average Bonchev–Trinajstić information content (AvgIpc) is 3.57. The number of aromatic nitrogens is 6. The summed E-state index contributed by atoms with van der Waals surface area (Å²) in [5.41, 5.74) is 6.00. The highest BCUT2D eigenvalue weighted by Crippen LogP contribution is 2.30. The molecule has 35 heavy (non-hydrogen) atoms. The molecule has 0 radical (unpaired) electrons. The predicted octanol–water partition coefficient (Wildman–Crippen LogP) is 3.30. The Balaban J connectivity index is 1.21. The van der Waals surface area contributed by atoms with Gasteiger partial charge in [-0.1, -0.05) is 6.92 Å². The second kappa shape index (κ2) is 9.18. The largest absolute Gasteiger partial charge is 0.382 e. The van der Waals surface area contributed by atoms with Crippen molar-refractivity contribution in [2.24, 2.45) is 0 Å². The van der Waals surface area contributed by atoms with Gasteiger partial charge in [-0.25, -0.2) is 9.97 Å². The van der Waals surface area contributed by atoms with E-state index in [0.717, 1.165) is 60.2 Å². The second-order valence-corrected chi connectivity index (χ2v) is 9.41. The fourth-order valence-corrected chi connectivity index (χ4v) is 5.10. The lowest BCUT2D eigenvalue weighted by atomic mass is 10.0. The van der Waals surface area contributed by atoms with Crippen LogP contribution in [-0.2, 0) is 13.0 Å². The Hall–Kier alpha value is -3.66. The average molecular weight is 473 g/mol. The van der Waals surface area contributed by atoms with Crippen LogP contribution in [0.3, 0.4) is 0 Å². The molecule has 0 saturated carbocycles. The van der Waals surface area contributed by atoms with Crippen molar-refractivity contribution in [2.45, 2.75) is 38.8 Å². The van der Waals surface area contributed by atoms with E-state index in [2.05, 4.69) is 66.2 Å². The monoisotopic (exact) mass is 472 g/mol. The summed E-state index contributed by atoms with van der Waals surface area (Å²) in [4.78, 5) is 31.9. The van der Waals surface area contributed by atoms with Gasteiger partial charge in [-0.15, -0.1) is 0 Å². The second-order valence-electron chi connectivity index (χ2n) is 9.41. The van der Waals surface area contributed by atoms with E-state index in [4.69, 9.17) is 9.97 Å². The van der Waals surface area contributed by atoms with E-state index in [9.17, 15) is 0 Å². The molecule has 182 valence electrons. The number of benzene rings is 1. The zero-order chi connectivity index (χ0) is 23.8. The van der Waals surface area contributed by atoms with Crippen LogP contribution in [0.25, 0.3) is 11.2 Å². The number of rotatable bonds is 6. The minimum absolute atomic E-state index is 0.536. The zero-order valence-electron chi connectivity index (χ0n) is 20.3. The molecule has 2 aliphatic rings. The number of nitrogens with one attached hydrogen (secondary N) is 3. The Morgan fingerprint density at radius 3 is 2.63 bits per heavy atom. The van der Waals surface area contributed by atoms with Crippen molar-refractivity contribution >= 4 is 34.3 Å². The number of imidazole rings is 2. The molecule has 0 spiro atoms. The van der Waals surface area contributed by atoms with Crippen molar-refractivity contribution in [3.8, 4) is 0 Å². The summed E-state index contributed by atoms with van der Waals surface area (Å²) in [6.07, 6.45) is 6.71. The van der Waals surface area contributed by atoms with Gasteiger partial charge < -0.3 is 30.0 Å². The van der Waals surface area contributed by atoms with Gasteiger partial charge in [-0.05, 0) is 43.7 Å². The van der Waals surface area contributed by atoms with E-state index < -0.39 is 0 Å². The molecule has 1 saturated heterocycles. The molecule has 3 aromatic heterocycles. The molecule has 2 aliphatic heterocycles. The molecule has 0 atom stereocenters. The number of piperidine rings is 1. The molecule has 4 aromatic rings. The molecule has 1 aromatic carbocycles. The minimum atomic E-state index is 0.536. The van der Waals surface area contributed by atoms with E-state index in [1.807, 2.05) is 11.9 Å². The molecule has 10 heteroatoms. The van der Waals surface area contributed by atoms with Gasteiger partial charge in [-0.2, -0.15) is 9.97 Å². The SMILES string of the molecule is CCN1CCC(Nc2ccc(N(C)c3nc(N4CCc5nc[nH]c5C4)c4[nH]cnc4n3)cc2)CC1. The van der Waals surface area contributed by atoms with Crippen LogP contribution in [0.2, 0.25) is 0 Å². The van der Waals surface area contributed by atoms with Crippen LogP contribution in [0.1, 0.15) is 31.2 Å². The van der Waals surface area contributed by atoms with E-state index in [-0.39, 0.29) is 0 Å². The summed E-state index contributed by atoms with van der Waals surface area (Å²) in [6.45, 7) is 7.31. The number of likely N-dealkylation sites (tertiary alicyclic amines) is 1. The van der Waals surface area contributed by atoms with E-state index in [1.165, 1.54) is 25.9 Å². The van der Waals surface area contributed by atoms with Gasteiger partial charge >= 0.3 is 0 Å². The van der Waals surface area contributed by atoms with Crippen molar-refractivity contribution < 1.29 is 0 Å². The number of nitrogens with zero attached hydrogens (tertiary/aromatic N) is 7. The first kappa shape index (κ1) is 21.8. The first-order valence-corrected chi connectivity index (χ1v) is 12.5. The molecular formula is C25H32N10. The highest BCUT2D eigenvalue weighted by molar-refractivity contribution is 5.85. The van der Waals surface area contributed by atoms with Gasteiger partial charge in [0.1, 0.15) is 5.52 Å². The molecule has 1 fully saturated rings. The lowest BCUT2D eigenvalue weighted by Crippen LogP contribution is -2.38. The van der Waals surface area contributed by atoms with Crippen LogP contribution >= 0.6 is 0 Å². The first-order chi connectivity index (χ1) is 17.2. The quantitative estimate of drug-likeness (QED) is 0.393. The molecule has 5 heterocycles. The Labute approximate surface area is 204 Å². The number of anilines is 4. The third-order valence-corrected chi connectivity index (χ3v) is 7.29. The van der Waals surface area contributed by atoms with Crippen LogP contribution in [0.5, 0.6) is 0 Å². The predicted molar refractivity (Wildman–Crippen MR) is 138 cm³/mol. The van der Waals surface area contributed by atoms with E-state index >= 15 is 0 Å². The summed E-state index contributed by atoms with van der Waals surface area (Å²) in [6, 6.07) is 9.08. The normalized spacial score (nSPS) is 17.0. The van der Waals surface area contributed by atoms with Crippen LogP contribution in [0, 0.1) is 0 Å². The van der Waals surface area contributed by atoms with Gasteiger partial charge in [0, 0.05) is 50.5 Å². The van der Waals surface area contributed by atoms with Gasteiger partial charge in [0.2, 0.25) is 5.95 Å².